The van der Waals surface area contributed by atoms with Gasteiger partial charge in [0.2, 0.25) is 0 Å². The van der Waals surface area contributed by atoms with Gasteiger partial charge in [0, 0.05) is 24.7 Å². The van der Waals surface area contributed by atoms with Gasteiger partial charge in [-0.1, -0.05) is 18.2 Å². The lowest BCUT2D eigenvalue weighted by Crippen LogP contribution is -2.47. The average molecular weight is 372 g/mol. The number of carbonyl (C=O) groups is 2. The number of nitrogens with one attached hydrogen (secondary N) is 1. The zero-order valence-corrected chi connectivity index (χ0v) is 14.5. The molecular formula is C19H20N2O6. The quantitative estimate of drug-likeness (QED) is 0.613. The molecule has 0 bridgehead atoms. The third-order valence-electron chi connectivity index (χ3n) is 4.37. The molecule has 0 aliphatic carbocycles. The summed E-state index contributed by atoms with van der Waals surface area (Å²) in [5, 5.41) is 31.1. The van der Waals surface area contributed by atoms with E-state index in [9.17, 15) is 24.9 Å². The van der Waals surface area contributed by atoms with E-state index in [0.29, 0.717) is 31.7 Å². The Morgan fingerprint density at radius 3 is 2.19 bits per heavy atom. The predicted molar refractivity (Wildman–Crippen MR) is 96.0 cm³/mol. The van der Waals surface area contributed by atoms with Crippen molar-refractivity contribution in [2.75, 3.05) is 13.1 Å². The van der Waals surface area contributed by atoms with Crippen LogP contribution < -0.4 is 10.1 Å². The Balaban J connectivity index is 1.52. The van der Waals surface area contributed by atoms with Crippen LogP contribution in [0.2, 0.25) is 0 Å². The van der Waals surface area contributed by atoms with Gasteiger partial charge < -0.3 is 30.3 Å². The highest BCUT2D eigenvalue weighted by molar-refractivity contribution is 5.95. The normalized spacial score (nSPS) is 14.6. The highest BCUT2D eigenvalue weighted by atomic mass is 16.6. The van der Waals surface area contributed by atoms with Crippen LogP contribution in [0.3, 0.4) is 0 Å². The van der Waals surface area contributed by atoms with E-state index in [1.807, 2.05) is 6.07 Å². The van der Waals surface area contributed by atoms with Crippen LogP contribution in [0.1, 0.15) is 23.2 Å². The zero-order chi connectivity index (χ0) is 19.4. The minimum absolute atomic E-state index is 0.0358. The molecule has 0 atom stereocenters. The number of amides is 2. The first-order chi connectivity index (χ1) is 12.9. The molecule has 1 fully saturated rings. The maximum absolute atomic E-state index is 12.3. The second kappa shape index (κ2) is 7.86. The monoisotopic (exact) mass is 372 g/mol. The van der Waals surface area contributed by atoms with Crippen LogP contribution >= 0.6 is 0 Å². The summed E-state index contributed by atoms with van der Waals surface area (Å²) < 4.78 is 5.30. The summed E-state index contributed by atoms with van der Waals surface area (Å²) in [6, 6.07) is 10.8. The fraction of sp³-hybridized carbons (Fsp3) is 0.263. The topological polar surface area (TPSA) is 119 Å². The molecule has 4 N–H and O–H groups in total. The molecule has 0 unspecified atom stereocenters. The van der Waals surface area contributed by atoms with E-state index < -0.39 is 29.2 Å². The van der Waals surface area contributed by atoms with E-state index in [0.717, 1.165) is 12.1 Å². The number of para-hydroxylation sites is 1. The number of likely N-dealkylation sites (tertiary alicyclic amines) is 1. The van der Waals surface area contributed by atoms with Crippen molar-refractivity contribution < 1.29 is 29.6 Å². The molecule has 8 heteroatoms. The number of rotatable bonds is 3. The van der Waals surface area contributed by atoms with Crippen molar-refractivity contribution >= 4 is 12.0 Å². The Labute approximate surface area is 155 Å². The average Bonchev–Trinajstić information content (AvgIpc) is 2.67. The first-order valence-corrected chi connectivity index (χ1v) is 8.51. The number of hydrogen-bond donors (Lipinski definition) is 4. The van der Waals surface area contributed by atoms with Gasteiger partial charge >= 0.3 is 6.09 Å². The number of aromatic hydroxyl groups is 3. The third kappa shape index (κ3) is 4.41. The molecule has 2 amide bonds. The number of phenolic OH excluding ortho intramolecular Hbond substituents is 3. The number of nitrogens with zero attached hydrogens (tertiary/aromatic N) is 1. The van der Waals surface area contributed by atoms with Gasteiger partial charge in [0.05, 0.1) is 0 Å². The van der Waals surface area contributed by atoms with Gasteiger partial charge in [0.15, 0.2) is 17.2 Å². The fourth-order valence-electron chi connectivity index (χ4n) is 2.86. The minimum Gasteiger partial charge on any atom is -0.504 e. The molecule has 1 heterocycles. The highest BCUT2D eigenvalue weighted by Gasteiger charge is 2.26. The summed E-state index contributed by atoms with van der Waals surface area (Å²) in [6.45, 7) is 0.866. The van der Waals surface area contributed by atoms with E-state index in [2.05, 4.69) is 5.32 Å². The number of benzene rings is 2. The smallest absolute Gasteiger partial charge is 0.415 e. The van der Waals surface area contributed by atoms with Gasteiger partial charge in [-0.15, -0.1) is 0 Å². The van der Waals surface area contributed by atoms with E-state index in [-0.39, 0.29) is 11.6 Å². The Kier molecular flexibility index (Phi) is 5.35. The second-order valence-corrected chi connectivity index (χ2v) is 6.28. The molecule has 0 radical (unpaired) electrons. The lowest BCUT2D eigenvalue weighted by Gasteiger charge is -2.31. The molecule has 8 nitrogen and oxygen atoms in total. The van der Waals surface area contributed by atoms with Gasteiger partial charge in [-0.25, -0.2) is 4.79 Å². The van der Waals surface area contributed by atoms with E-state index in [1.165, 1.54) is 0 Å². The molecule has 3 rings (SSSR count). The third-order valence-corrected chi connectivity index (χ3v) is 4.37. The number of hydrogen-bond acceptors (Lipinski definition) is 6. The number of piperidine rings is 1. The number of carbonyl (C=O) groups excluding carboxylic acids is 2. The van der Waals surface area contributed by atoms with Crippen LogP contribution in [0, 0.1) is 0 Å². The van der Waals surface area contributed by atoms with Gasteiger partial charge in [-0.05, 0) is 37.1 Å². The van der Waals surface area contributed by atoms with Crippen molar-refractivity contribution in [3.05, 3.63) is 48.0 Å². The first kappa shape index (κ1) is 18.4. The Bertz CT molecular complexity index is 808. The van der Waals surface area contributed by atoms with Crippen molar-refractivity contribution in [3.63, 3.8) is 0 Å². The number of ether oxygens (including phenoxy) is 1. The van der Waals surface area contributed by atoms with Crippen LogP contribution in [0.4, 0.5) is 4.79 Å². The van der Waals surface area contributed by atoms with Crippen LogP contribution in [0.25, 0.3) is 0 Å². The molecule has 1 aliphatic heterocycles. The Morgan fingerprint density at radius 2 is 1.59 bits per heavy atom. The predicted octanol–water partition coefficient (Wildman–Crippen LogP) is 2.20. The van der Waals surface area contributed by atoms with Crippen molar-refractivity contribution in [1.29, 1.82) is 0 Å². The second-order valence-electron chi connectivity index (χ2n) is 6.28. The minimum atomic E-state index is -0.670. The van der Waals surface area contributed by atoms with Crippen molar-refractivity contribution in [3.8, 4) is 23.0 Å². The highest BCUT2D eigenvalue weighted by Crippen LogP contribution is 2.35. The van der Waals surface area contributed by atoms with Crippen LogP contribution in [-0.2, 0) is 0 Å². The largest absolute Gasteiger partial charge is 0.504 e. The van der Waals surface area contributed by atoms with E-state index in [1.54, 1.807) is 29.2 Å². The molecule has 1 aliphatic rings. The lowest BCUT2D eigenvalue weighted by molar-refractivity contribution is 0.0909. The molecule has 142 valence electrons. The fourth-order valence-corrected chi connectivity index (χ4v) is 2.86. The molecule has 0 spiro atoms. The van der Waals surface area contributed by atoms with Gasteiger partial charge in [-0.2, -0.15) is 0 Å². The SMILES string of the molecule is O=C(NC1CCN(C(=O)Oc2ccccc2)CC1)c1cc(O)c(O)c(O)c1. The van der Waals surface area contributed by atoms with Crippen LogP contribution in [-0.4, -0.2) is 51.4 Å². The molecule has 0 saturated carbocycles. The molecule has 2 aromatic carbocycles. The molecule has 0 aromatic heterocycles. The summed E-state index contributed by atoms with van der Waals surface area (Å²) in [4.78, 5) is 26.0. The van der Waals surface area contributed by atoms with Crippen LogP contribution in [0.15, 0.2) is 42.5 Å². The maximum atomic E-state index is 12.3. The van der Waals surface area contributed by atoms with Crippen molar-refractivity contribution in [2.24, 2.45) is 0 Å². The lowest BCUT2D eigenvalue weighted by atomic mass is 10.0. The summed E-state index contributed by atoms with van der Waals surface area (Å²) in [5.74, 6) is -1.81. The molecule has 1 saturated heterocycles. The van der Waals surface area contributed by atoms with Crippen molar-refractivity contribution in [2.45, 2.75) is 18.9 Å². The van der Waals surface area contributed by atoms with E-state index in [4.69, 9.17) is 4.74 Å². The Morgan fingerprint density at radius 1 is 1.00 bits per heavy atom. The summed E-state index contributed by atoms with van der Waals surface area (Å²) >= 11 is 0. The molecule has 2 aromatic rings. The first-order valence-electron chi connectivity index (χ1n) is 8.51. The van der Waals surface area contributed by atoms with Gasteiger partial charge in [0.25, 0.3) is 5.91 Å². The Hall–Kier alpha value is -3.42. The maximum Gasteiger partial charge on any atom is 0.415 e. The molecule has 27 heavy (non-hydrogen) atoms. The summed E-state index contributed by atoms with van der Waals surface area (Å²) in [5.41, 5.74) is 0.0358. The molecular weight excluding hydrogens is 352 g/mol. The van der Waals surface area contributed by atoms with Crippen LogP contribution in [0.5, 0.6) is 23.0 Å². The van der Waals surface area contributed by atoms with Gasteiger partial charge in [-0.3, -0.25) is 4.79 Å². The zero-order valence-electron chi connectivity index (χ0n) is 14.5. The summed E-state index contributed by atoms with van der Waals surface area (Å²) in [7, 11) is 0. The number of phenols is 3. The van der Waals surface area contributed by atoms with E-state index >= 15 is 0 Å². The van der Waals surface area contributed by atoms with Crippen molar-refractivity contribution in [1.82, 2.24) is 10.2 Å². The standard InChI is InChI=1S/C19H20N2O6/c22-15-10-12(11-16(23)17(15)24)18(25)20-13-6-8-21(9-7-13)19(26)27-14-4-2-1-3-5-14/h1-5,10-11,13,22-24H,6-9H2,(H,20,25). The van der Waals surface area contributed by atoms with Gasteiger partial charge in [0.1, 0.15) is 5.75 Å². The summed E-state index contributed by atoms with van der Waals surface area (Å²) in [6.07, 6.45) is 0.663.